The van der Waals surface area contributed by atoms with Crippen LogP contribution in [0.25, 0.3) is 11.6 Å². The van der Waals surface area contributed by atoms with Gasteiger partial charge in [-0.2, -0.15) is 13.2 Å². The van der Waals surface area contributed by atoms with E-state index in [-0.39, 0.29) is 11.7 Å². The van der Waals surface area contributed by atoms with Crippen LogP contribution in [-0.2, 0) is 19.1 Å². The van der Waals surface area contributed by atoms with Crippen molar-refractivity contribution in [2.45, 2.75) is 51.5 Å². The molecule has 4 heterocycles. The number of alkyl halides is 3. The van der Waals surface area contributed by atoms with Crippen molar-refractivity contribution >= 4 is 11.6 Å². The van der Waals surface area contributed by atoms with Crippen molar-refractivity contribution in [1.82, 2.24) is 19.5 Å². The second-order valence-electron chi connectivity index (χ2n) is 8.26. The first-order valence-electron chi connectivity index (χ1n) is 10.4. The van der Waals surface area contributed by atoms with Crippen LogP contribution >= 0.6 is 0 Å². The summed E-state index contributed by atoms with van der Waals surface area (Å²) in [6.45, 7) is 2.87. The van der Waals surface area contributed by atoms with Gasteiger partial charge in [0, 0.05) is 37.6 Å². The fourth-order valence-corrected chi connectivity index (χ4v) is 4.53. The molecule has 0 saturated carbocycles. The van der Waals surface area contributed by atoms with Gasteiger partial charge in [-0.05, 0) is 55.0 Å². The van der Waals surface area contributed by atoms with Crippen molar-refractivity contribution < 1.29 is 13.2 Å². The lowest BCUT2D eigenvalue weighted by Gasteiger charge is -2.39. The molecular formula is C22H22F3N5O. The van der Waals surface area contributed by atoms with E-state index in [1.807, 2.05) is 17.9 Å². The fraction of sp³-hybridized carbons (Fsp3) is 0.409. The molecule has 1 unspecified atom stereocenters. The summed E-state index contributed by atoms with van der Waals surface area (Å²) in [5.74, 6) is 0.527. The van der Waals surface area contributed by atoms with Crippen molar-refractivity contribution in [3.8, 4) is 0 Å². The topological polar surface area (TPSA) is 63.1 Å². The summed E-state index contributed by atoms with van der Waals surface area (Å²) in [4.78, 5) is 23.7. The van der Waals surface area contributed by atoms with E-state index < -0.39 is 11.7 Å². The highest BCUT2D eigenvalue weighted by Gasteiger charge is 2.34. The average molecular weight is 429 g/mol. The van der Waals surface area contributed by atoms with Crippen LogP contribution in [0.4, 0.5) is 13.2 Å². The molecule has 1 N–H and O–H groups in total. The highest BCUT2D eigenvalue weighted by Crippen LogP contribution is 2.32. The number of hydrogen-bond acceptors (Lipinski definition) is 5. The van der Waals surface area contributed by atoms with Crippen molar-refractivity contribution in [3.05, 3.63) is 68.7 Å². The molecule has 9 heteroatoms. The van der Waals surface area contributed by atoms with Crippen molar-refractivity contribution in [2.24, 2.45) is 0 Å². The minimum Gasteiger partial charge on any atom is -0.300 e. The van der Waals surface area contributed by atoms with Crippen molar-refractivity contribution in [3.63, 3.8) is 0 Å². The van der Waals surface area contributed by atoms with Crippen LogP contribution in [0.3, 0.4) is 0 Å². The zero-order chi connectivity index (χ0) is 21.8. The Labute approximate surface area is 177 Å². The number of hydrogen-bond donors (Lipinski definition) is 1. The first-order valence-corrected chi connectivity index (χ1v) is 10.4. The van der Waals surface area contributed by atoms with Gasteiger partial charge in [-0.3, -0.25) is 20.1 Å². The van der Waals surface area contributed by atoms with Crippen LogP contribution < -0.4 is 11.0 Å². The lowest BCUT2D eigenvalue weighted by Crippen LogP contribution is -2.52. The van der Waals surface area contributed by atoms with Crippen LogP contribution in [0.15, 0.2) is 34.9 Å². The molecule has 1 aliphatic carbocycles. The number of rotatable bonds is 2. The molecule has 0 spiro atoms. The van der Waals surface area contributed by atoms with E-state index in [0.29, 0.717) is 42.2 Å². The molecule has 2 aromatic rings. The summed E-state index contributed by atoms with van der Waals surface area (Å²) in [6.07, 6.45) is 5.15. The molecule has 1 atom stereocenters. The Morgan fingerprint density at radius 3 is 2.77 bits per heavy atom. The molecule has 0 radical (unpaired) electrons. The lowest BCUT2D eigenvalue weighted by atomic mass is 10.0. The number of allylic oxidation sites excluding steroid dienone is 2. The second-order valence-corrected chi connectivity index (χ2v) is 8.26. The SMILES string of the molecule is CC1=Cc2ncc(C3=CCCC3)c(=O)n2NC1N1CCc2ncc(C(F)(F)F)cc2C1. The summed E-state index contributed by atoms with van der Waals surface area (Å²) in [5, 5.41) is 0. The Kier molecular flexibility index (Phi) is 4.73. The molecule has 0 amide bonds. The van der Waals surface area contributed by atoms with E-state index in [9.17, 15) is 18.0 Å². The standard InChI is InChI=1S/C22H22F3N5O/c1-13-8-19-27-11-17(14-4-2-3-5-14)21(31)30(19)28-20(13)29-7-6-18-15(12-29)9-16(10-26-18)22(23,24)25/h4,8-11,20,28H,2-3,5-7,12H2,1H3. The molecule has 162 valence electrons. The summed E-state index contributed by atoms with van der Waals surface area (Å²) in [5.41, 5.74) is 6.20. The third kappa shape index (κ3) is 3.56. The number of pyridine rings is 1. The minimum atomic E-state index is -4.42. The molecule has 0 fully saturated rings. The van der Waals surface area contributed by atoms with Gasteiger partial charge in [-0.1, -0.05) is 6.08 Å². The zero-order valence-corrected chi connectivity index (χ0v) is 17.0. The summed E-state index contributed by atoms with van der Waals surface area (Å²) in [6, 6.07) is 1.18. The maximum absolute atomic E-state index is 13.1. The third-order valence-corrected chi connectivity index (χ3v) is 6.18. The molecule has 2 aliphatic heterocycles. The number of nitrogens with zero attached hydrogens (tertiary/aromatic N) is 4. The predicted octanol–water partition coefficient (Wildman–Crippen LogP) is 3.57. The van der Waals surface area contributed by atoms with Crippen LogP contribution in [-0.4, -0.2) is 32.3 Å². The maximum atomic E-state index is 13.1. The Hall–Kier alpha value is -2.94. The highest BCUT2D eigenvalue weighted by atomic mass is 19.4. The van der Waals surface area contributed by atoms with Crippen LogP contribution in [0.1, 0.15) is 54.4 Å². The van der Waals surface area contributed by atoms with E-state index in [0.717, 1.165) is 36.6 Å². The van der Waals surface area contributed by atoms with E-state index in [1.54, 1.807) is 6.20 Å². The molecule has 0 saturated heterocycles. The normalized spacial score (nSPS) is 21.1. The fourth-order valence-electron chi connectivity index (χ4n) is 4.53. The van der Waals surface area contributed by atoms with Gasteiger partial charge in [0.2, 0.25) is 0 Å². The molecule has 6 nitrogen and oxygen atoms in total. The number of nitrogens with one attached hydrogen (secondary N) is 1. The monoisotopic (exact) mass is 429 g/mol. The van der Waals surface area contributed by atoms with E-state index >= 15 is 0 Å². The maximum Gasteiger partial charge on any atom is 0.417 e. The van der Waals surface area contributed by atoms with Crippen molar-refractivity contribution in [2.75, 3.05) is 12.0 Å². The molecule has 2 aromatic heterocycles. The van der Waals surface area contributed by atoms with Gasteiger partial charge in [0.25, 0.3) is 5.56 Å². The van der Waals surface area contributed by atoms with Gasteiger partial charge in [-0.15, -0.1) is 0 Å². The molecule has 5 rings (SSSR count). The Morgan fingerprint density at radius 1 is 1.19 bits per heavy atom. The minimum absolute atomic E-state index is 0.148. The largest absolute Gasteiger partial charge is 0.417 e. The number of halogens is 3. The zero-order valence-electron chi connectivity index (χ0n) is 17.0. The van der Waals surface area contributed by atoms with E-state index in [1.165, 1.54) is 10.7 Å². The van der Waals surface area contributed by atoms with Gasteiger partial charge in [0.05, 0.1) is 11.1 Å². The molecule has 31 heavy (non-hydrogen) atoms. The average Bonchev–Trinajstić information content (AvgIpc) is 3.27. The quantitative estimate of drug-likeness (QED) is 0.791. The third-order valence-electron chi connectivity index (χ3n) is 6.18. The van der Waals surface area contributed by atoms with Crippen LogP contribution in [0.2, 0.25) is 0 Å². The molecule has 3 aliphatic rings. The van der Waals surface area contributed by atoms with Gasteiger partial charge < -0.3 is 0 Å². The Balaban J connectivity index is 1.45. The summed E-state index contributed by atoms with van der Waals surface area (Å²) >= 11 is 0. The van der Waals surface area contributed by atoms with Gasteiger partial charge in [0.1, 0.15) is 6.17 Å². The number of fused-ring (bicyclic) bond motifs is 2. The lowest BCUT2D eigenvalue weighted by molar-refractivity contribution is -0.137. The molecular weight excluding hydrogens is 407 g/mol. The van der Waals surface area contributed by atoms with Crippen LogP contribution in [0, 0.1) is 0 Å². The summed E-state index contributed by atoms with van der Waals surface area (Å²) in [7, 11) is 0. The number of aromatic nitrogens is 3. The first-order chi connectivity index (χ1) is 14.8. The smallest absolute Gasteiger partial charge is 0.300 e. The first kappa shape index (κ1) is 20.0. The van der Waals surface area contributed by atoms with Gasteiger partial charge in [-0.25, -0.2) is 9.66 Å². The molecule has 0 bridgehead atoms. The molecule has 0 aromatic carbocycles. The van der Waals surface area contributed by atoms with Gasteiger partial charge >= 0.3 is 6.18 Å². The predicted molar refractivity (Wildman–Crippen MR) is 110 cm³/mol. The highest BCUT2D eigenvalue weighted by molar-refractivity contribution is 5.66. The Morgan fingerprint density at radius 2 is 2.03 bits per heavy atom. The van der Waals surface area contributed by atoms with Crippen LogP contribution in [0.5, 0.6) is 0 Å². The summed E-state index contributed by atoms with van der Waals surface area (Å²) < 4.78 is 40.8. The van der Waals surface area contributed by atoms with Crippen molar-refractivity contribution in [1.29, 1.82) is 0 Å². The van der Waals surface area contributed by atoms with E-state index in [4.69, 9.17) is 0 Å². The Bertz CT molecular complexity index is 1160. The second kappa shape index (κ2) is 7.33. The van der Waals surface area contributed by atoms with Gasteiger partial charge in [0.15, 0.2) is 5.82 Å². The van der Waals surface area contributed by atoms with E-state index in [2.05, 4.69) is 21.5 Å².